The minimum absolute atomic E-state index is 0.0937. The number of ether oxygens (including phenoxy) is 3. The molecule has 158 valence electrons. The van der Waals surface area contributed by atoms with Crippen LogP contribution in [-0.4, -0.2) is 53.0 Å². The maximum absolute atomic E-state index is 12.6. The van der Waals surface area contributed by atoms with Crippen molar-refractivity contribution in [3.63, 3.8) is 0 Å². The summed E-state index contributed by atoms with van der Waals surface area (Å²) in [6, 6.07) is 11.4. The highest BCUT2D eigenvalue weighted by atomic mass is 32.2. The molecule has 0 heterocycles. The van der Waals surface area contributed by atoms with Crippen molar-refractivity contribution in [2.24, 2.45) is 0 Å². The summed E-state index contributed by atoms with van der Waals surface area (Å²) >= 11 is 0. The molecule has 0 bridgehead atoms. The zero-order valence-electron chi connectivity index (χ0n) is 17.0. The van der Waals surface area contributed by atoms with Crippen LogP contribution in [0.2, 0.25) is 0 Å². The monoisotopic (exact) mass is 422 g/mol. The van der Waals surface area contributed by atoms with E-state index in [0.29, 0.717) is 23.9 Å². The average Bonchev–Trinajstić information content (AvgIpc) is 2.72. The molecule has 1 N–H and O–H groups in total. The zero-order chi connectivity index (χ0) is 21.4. The number of nitrogens with one attached hydrogen (secondary N) is 1. The molecule has 0 spiro atoms. The van der Waals surface area contributed by atoms with E-state index in [9.17, 15) is 13.2 Å². The Bertz CT molecular complexity index is 928. The molecule has 0 aromatic heterocycles. The van der Waals surface area contributed by atoms with Gasteiger partial charge in [-0.3, -0.25) is 4.79 Å². The second-order valence-electron chi connectivity index (χ2n) is 6.13. The van der Waals surface area contributed by atoms with E-state index in [1.165, 1.54) is 26.3 Å². The Labute approximate surface area is 171 Å². The smallest absolute Gasteiger partial charge is 0.243 e. The lowest BCUT2D eigenvalue weighted by atomic mass is 10.2. The van der Waals surface area contributed by atoms with Crippen molar-refractivity contribution in [3.05, 3.63) is 48.0 Å². The fraction of sp³-hybridized carbons (Fsp3) is 0.350. The molecule has 0 aliphatic carbocycles. The summed E-state index contributed by atoms with van der Waals surface area (Å²) in [5.41, 5.74) is 0.799. The van der Waals surface area contributed by atoms with Crippen LogP contribution >= 0.6 is 0 Å². The molecular weight excluding hydrogens is 396 g/mol. The lowest BCUT2D eigenvalue weighted by Gasteiger charge is -2.17. The molecule has 0 atom stereocenters. The Balaban J connectivity index is 1.97. The second kappa shape index (κ2) is 10.1. The van der Waals surface area contributed by atoms with Gasteiger partial charge in [-0.2, -0.15) is 4.31 Å². The van der Waals surface area contributed by atoms with Crippen LogP contribution in [0.3, 0.4) is 0 Å². The summed E-state index contributed by atoms with van der Waals surface area (Å²) in [5.74, 6) is 1.30. The van der Waals surface area contributed by atoms with E-state index in [-0.39, 0.29) is 18.0 Å². The van der Waals surface area contributed by atoms with E-state index in [1.807, 2.05) is 6.92 Å². The van der Waals surface area contributed by atoms with Crippen molar-refractivity contribution in [2.45, 2.75) is 18.4 Å². The first kappa shape index (κ1) is 22.5. The molecule has 0 saturated carbocycles. The average molecular weight is 423 g/mol. The first-order valence-corrected chi connectivity index (χ1v) is 10.4. The molecule has 9 heteroatoms. The van der Waals surface area contributed by atoms with Crippen molar-refractivity contribution in [1.29, 1.82) is 0 Å². The maximum Gasteiger partial charge on any atom is 0.243 e. The number of rotatable bonds is 10. The van der Waals surface area contributed by atoms with Gasteiger partial charge in [0.2, 0.25) is 15.9 Å². The molecule has 29 heavy (non-hydrogen) atoms. The molecule has 0 aliphatic heterocycles. The molecule has 2 aromatic rings. The van der Waals surface area contributed by atoms with Crippen LogP contribution in [0.4, 0.5) is 0 Å². The molecular formula is C20H26N2O6S. The van der Waals surface area contributed by atoms with Crippen LogP contribution in [0.15, 0.2) is 47.4 Å². The molecule has 0 aliphatic rings. The Kier molecular flexibility index (Phi) is 7.86. The van der Waals surface area contributed by atoms with Crippen molar-refractivity contribution in [3.8, 4) is 17.2 Å². The number of methoxy groups -OCH3 is 2. The largest absolute Gasteiger partial charge is 0.494 e. The minimum atomic E-state index is -3.79. The summed E-state index contributed by atoms with van der Waals surface area (Å²) in [6.45, 7) is 2.27. The highest BCUT2D eigenvalue weighted by molar-refractivity contribution is 7.89. The minimum Gasteiger partial charge on any atom is -0.494 e. The van der Waals surface area contributed by atoms with Crippen LogP contribution in [0.5, 0.6) is 17.2 Å². The first-order chi connectivity index (χ1) is 13.8. The number of hydrogen-bond donors (Lipinski definition) is 1. The van der Waals surface area contributed by atoms with Gasteiger partial charge in [0.15, 0.2) is 11.5 Å². The number of nitrogens with zero attached hydrogens (tertiary/aromatic N) is 1. The Morgan fingerprint density at radius 2 is 1.69 bits per heavy atom. The van der Waals surface area contributed by atoms with Gasteiger partial charge in [-0.05, 0) is 48.9 Å². The molecule has 2 rings (SSSR count). The lowest BCUT2D eigenvalue weighted by molar-refractivity contribution is -0.121. The zero-order valence-corrected chi connectivity index (χ0v) is 17.8. The summed E-state index contributed by atoms with van der Waals surface area (Å²) in [7, 11) is 0.645. The van der Waals surface area contributed by atoms with E-state index in [4.69, 9.17) is 14.2 Å². The molecule has 2 aromatic carbocycles. The maximum atomic E-state index is 12.6. The summed E-state index contributed by atoms with van der Waals surface area (Å²) in [4.78, 5) is 12.3. The Morgan fingerprint density at radius 3 is 2.28 bits per heavy atom. The molecule has 0 fully saturated rings. The number of benzene rings is 2. The molecule has 0 radical (unpaired) electrons. The number of likely N-dealkylation sites (N-methyl/N-ethyl adjacent to an activating group) is 1. The molecule has 8 nitrogen and oxygen atoms in total. The molecule has 1 amide bonds. The fourth-order valence-electron chi connectivity index (χ4n) is 2.59. The first-order valence-electron chi connectivity index (χ1n) is 8.98. The fourth-order valence-corrected chi connectivity index (χ4v) is 3.72. The van der Waals surface area contributed by atoms with E-state index in [2.05, 4.69) is 5.32 Å². The molecule has 0 saturated heterocycles. The van der Waals surface area contributed by atoms with Gasteiger partial charge in [0.05, 0.1) is 32.3 Å². The van der Waals surface area contributed by atoms with Gasteiger partial charge in [-0.25, -0.2) is 8.42 Å². The summed E-state index contributed by atoms with van der Waals surface area (Å²) < 4.78 is 42.0. The third-order valence-corrected chi connectivity index (χ3v) is 5.96. The predicted molar refractivity (Wildman–Crippen MR) is 109 cm³/mol. The van der Waals surface area contributed by atoms with E-state index in [1.54, 1.807) is 37.4 Å². The quantitative estimate of drug-likeness (QED) is 0.630. The van der Waals surface area contributed by atoms with Crippen LogP contribution in [0, 0.1) is 0 Å². The Morgan fingerprint density at radius 1 is 1.03 bits per heavy atom. The number of sulfonamides is 1. The second-order valence-corrected chi connectivity index (χ2v) is 8.18. The van der Waals surface area contributed by atoms with Crippen molar-refractivity contribution >= 4 is 15.9 Å². The SMILES string of the molecule is CCOc1ccc(S(=O)(=O)N(C)CC(=O)NCc2ccc(OC)c(OC)c2)cc1. The lowest BCUT2D eigenvalue weighted by Crippen LogP contribution is -2.38. The Hall–Kier alpha value is -2.78. The summed E-state index contributed by atoms with van der Waals surface area (Å²) in [5, 5.41) is 2.71. The van der Waals surface area contributed by atoms with Crippen molar-refractivity contribution < 1.29 is 27.4 Å². The van der Waals surface area contributed by atoms with Crippen LogP contribution in [0.25, 0.3) is 0 Å². The van der Waals surface area contributed by atoms with Crippen LogP contribution in [-0.2, 0) is 21.4 Å². The van der Waals surface area contributed by atoms with Gasteiger partial charge in [0.25, 0.3) is 0 Å². The van der Waals surface area contributed by atoms with Crippen molar-refractivity contribution in [1.82, 2.24) is 9.62 Å². The van der Waals surface area contributed by atoms with Gasteiger partial charge in [0, 0.05) is 13.6 Å². The number of hydrogen-bond acceptors (Lipinski definition) is 6. The molecule has 0 unspecified atom stereocenters. The van der Waals surface area contributed by atoms with E-state index >= 15 is 0 Å². The van der Waals surface area contributed by atoms with Crippen LogP contribution < -0.4 is 19.5 Å². The van der Waals surface area contributed by atoms with Gasteiger partial charge in [-0.1, -0.05) is 6.07 Å². The third kappa shape index (κ3) is 5.85. The highest BCUT2D eigenvalue weighted by Crippen LogP contribution is 2.27. The number of amides is 1. The predicted octanol–water partition coefficient (Wildman–Crippen LogP) is 2.04. The normalized spacial score (nSPS) is 11.2. The van der Waals surface area contributed by atoms with E-state index < -0.39 is 15.9 Å². The highest BCUT2D eigenvalue weighted by Gasteiger charge is 2.23. The van der Waals surface area contributed by atoms with E-state index in [0.717, 1.165) is 9.87 Å². The number of carbonyl (C=O) groups excluding carboxylic acids is 1. The van der Waals surface area contributed by atoms with Gasteiger partial charge < -0.3 is 19.5 Å². The topological polar surface area (TPSA) is 94.2 Å². The summed E-state index contributed by atoms with van der Waals surface area (Å²) in [6.07, 6.45) is 0. The van der Waals surface area contributed by atoms with Crippen LogP contribution in [0.1, 0.15) is 12.5 Å². The van der Waals surface area contributed by atoms with Gasteiger partial charge in [-0.15, -0.1) is 0 Å². The number of carbonyl (C=O) groups is 1. The standard InChI is InChI=1S/C20H26N2O6S/c1-5-28-16-7-9-17(10-8-16)29(24,25)22(2)14-20(23)21-13-15-6-11-18(26-3)19(12-15)27-4/h6-12H,5,13-14H2,1-4H3,(H,21,23). The van der Waals surface area contributed by atoms with Gasteiger partial charge >= 0.3 is 0 Å². The van der Waals surface area contributed by atoms with Gasteiger partial charge in [0.1, 0.15) is 5.75 Å². The third-order valence-electron chi connectivity index (χ3n) is 4.15. The van der Waals surface area contributed by atoms with Crippen molar-refractivity contribution in [2.75, 3.05) is 34.4 Å².